The van der Waals surface area contributed by atoms with E-state index in [1.54, 1.807) is 0 Å². The van der Waals surface area contributed by atoms with E-state index in [4.69, 9.17) is 9.52 Å². The number of rotatable bonds is 2. The largest absolute Gasteiger partial charge is 0.478 e. The number of hydrogen-bond acceptors (Lipinski definition) is 3. The summed E-state index contributed by atoms with van der Waals surface area (Å²) in [5.74, 6) is -5.99. The summed E-state index contributed by atoms with van der Waals surface area (Å²) < 4.78 is 45.0. The van der Waals surface area contributed by atoms with Gasteiger partial charge in [0, 0.05) is 0 Å². The molecule has 0 aliphatic carbocycles. The van der Waals surface area contributed by atoms with Crippen LogP contribution in [-0.2, 0) is 0 Å². The fourth-order valence-electron chi connectivity index (χ4n) is 1.92. The van der Waals surface area contributed by atoms with Crippen LogP contribution < -0.4 is 0 Å². The molecule has 0 saturated carbocycles. The highest BCUT2D eigenvalue weighted by atomic mass is 19.2. The van der Waals surface area contributed by atoms with Gasteiger partial charge in [0.1, 0.15) is 11.1 Å². The Morgan fingerprint density at radius 2 is 1.86 bits per heavy atom. The lowest BCUT2D eigenvalue weighted by Gasteiger charge is -2.00. The molecule has 0 fully saturated rings. The summed E-state index contributed by atoms with van der Waals surface area (Å²) in [5.41, 5.74) is -0.436. The Hall–Kier alpha value is -2.83. The fourth-order valence-corrected chi connectivity index (χ4v) is 1.92. The molecule has 0 saturated heterocycles. The number of aromatic carboxylic acids is 1. The van der Waals surface area contributed by atoms with E-state index in [0.717, 1.165) is 12.1 Å². The number of para-hydroxylation sites is 1. The van der Waals surface area contributed by atoms with E-state index in [-0.39, 0.29) is 28.1 Å². The average Bonchev–Trinajstić information content (AvgIpc) is 2.88. The van der Waals surface area contributed by atoms with Crippen molar-refractivity contribution >= 4 is 17.1 Å². The molecule has 4 nitrogen and oxygen atoms in total. The van der Waals surface area contributed by atoms with E-state index in [1.807, 2.05) is 0 Å². The second-order valence-corrected chi connectivity index (χ2v) is 4.20. The van der Waals surface area contributed by atoms with Crippen LogP contribution in [0.25, 0.3) is 22.6 Å². The fraction of sp³-hybridized carbons (Fsp3) is 0. The maximum absolute atomic E-state index is 13.7. The van der Waals surface area contributed by atoms with E-state index in [1.165, 1.54) is 18.2 Å². The zero-order valence-electron chi connectivity index (χ0n) is 10.2. The minimum Gasteiger partial charge on any atom is -0.478 e. The van der Waals surface area contributed by atoms with Gasteiger partial charge < -0.3 is 9.52 Å². The van der Waals surface area contributed by atoms with Gasteiger partial charge in [-0.05, 0) is 24.3 Å². The number of aromatic nitrogens is 1. The Kier molecular flexibility index (Phi) is 2.90. The van der Waals surface area contributed by atoms with E-state index >= 15 is 0 Å². The molecule has 1 aromatic heterocycles. The van der Waals surface area contributed by atoms with Crippen LogP contribution >= 0.6 is 0 Å². The van der Waals surface area contributed by atoms with Gasteiger partial charge >= 0.3 is 5.97 Å². The van der Waals surface area contributed by atoms with Crippen LogP contribution in [0.3, 0.4) is 0 Å². The van der Waals surface area contributed by atoms with Crippen molar-refractivity contribution < 1.29 is 27.5 Å². The molecule has 0 bridgehead atoms. The maximum atomic E-state index is 13.7. The van der Waals surface area contributed by atoms with Gasteiger partial charge in [-0.1, -0.05) is 6.07 Å². The van der Waals surface area contributed by atoms with Gasteiger partial charge in [0.15, 0.2) is 23.0 Å². The molecule has 0 atom stereocenters. The van der Waals surface area contributed by atoms with Crippen LogP contribution in [0, 0.1) is 17.5 Å². The smallest absolute Gasteiger partial charge is 0.339 e. The van der Waals surface area contributed by atoms with Crippen molar-refractivity contribution in [3.8, 4) is 11.5 Å². The molecule has 3 rings (SSSR count). The molecule has 0 aliphatic heterocycles. The van der Waals surface area contributed by atoms with Crippen molar-refractivity contribution in [3.05, 3.63) is 53.3 Å². The third-order valence-corrected chi connectivity index (χ3v) is 2.91. The Labute approximate surface area is 115 Å². The molecule has 1 N–H and O–H groups in total. The molecule has 0 unspecified atom stereocenters. The second kappa shape index (κ2) is 4.62. The molecule has 3 aromatic rings. The van der Waals surface area contributed by atoms with Gasteiger partial charge in [-0.2, -0.15) is 0 Å². The van der Waals surface area contributed by atoms with Gasteiger partial charge in [-0.25, -0.2) is 22.9 Å². The van der Waals surface area contributed by atoms with E-state index in [0.29, 0.717) is 0 Å². The molecule has 2 aromatic carbocycles. The number of nitrogens with zero attached hydrogens (tertiary/aromatic N) is 1. The van der Waals surface area contributed by atoms with Gasteiger partial charge in [-0.15, -0.1) is 0 Å². The maximum Gasteiger partial charge on any atom is 0.339 e. The Morgan fingerprint density at radius 3 is 2.57 bits per heavy atom. The highest BCUT2D eigenvalue weighted by Gasteiger charge is 2.20. The minimum absolute atomic E-state index is 0.0656. The van der Waals surface area contributed by atoms with Crippen molar-refractivity contribution in [2.75, 3.05) is 0 Å². The summed E-state index contributed by atoms with van der Waals surface area (Å²) in [6.07, 6.45) is 0. The Balaban J connectivity index is 2.25. The van der Waals surface area contributed by atoms with Crippen LogP contribution in [0.4, 0.5) is 13.2 Å². The molecule has 0 spiro atoms. The van der Waals surface area contributed by atoms with Gasteiger partial charge in [-0.3, -0.25) is 0 Å². The standard InChI is InChI=1S/C14H6F3NO3/c15-8-5-4-6(10(16)11(8)17)13-18-9-3-1-2-7(14(19)20)12(9)21-13/h1-5H,(H,19,20). The molecule has 0 aliphatic rings. The number of carboxylic acid groups (broad SMARTS) is 1. The normalized spacial score (nSPS) is 11.0. The zero-order valence-corrected chi connectivity index (χ0v) is 10.2. The summed E-state index contributed by atoms with van der Waals surface area (Å²) in [6.45, 7) is 0. The molecular formula is C14H6F3NO3. The lowest BCUT2D eigenvalue weighted by Crippen LogP contribution is -1.95. The zero-order chi connectivity index (χ0) is 15.1. The van der Waals surface area contributed by atoms with Gasteiger partial charge in [0.2, 0.25) is 5.89 Å². The monoisotopic (exact) mass is 293 g/mol. The predicted octanol–water partition coefficient (Wildman–Crippen LogP) is 3.61. The molecule has 1 heterocycles. The first kappa shape index (κ1) is 13.2. The van der Waals surface area contributed by atoms with Crippen LogP contribution in [0.5, 0.6) is 0 Å². The Morgan fingerprint density at radius 1 is 1.10 bits per heavy atom. The van der Waals surface area contributed by atoms with Gasteiger partial charge in [0.25, 0.3) is 0 Å². The number of fused-ring (bicyclic) bond motifs is 1. The number of oxazole rings is 1. The summed E-state index contributed by atoms with van der Waals surface area (Å²) in [4.78, 5) is 15.0. The number of carbonyl (C=O) groups is 1. The van der Waals surface area contributed by atoms with Crippen molar-refractivity contribution in [1.29, 1.82) is 0 Å². The quantitative estimate of drug-likeness (QED) is 0.733. The second-order valence-electron chi connectivity index (χ2n) is 4.20. The lowest BCUT2D eigenvalue weighted by molar-refractivity contribution is 0.0698. The molecule has 106 valence electrons. The first-order valence-corrected chi connectivity index (χ1v) is 5.75. The third kappa shape index (κ3) is 2.03. The highest BCUT2D eigenvalue weighted by Crippen LogP contribution is 2.29. The lowest BCUT2D eigenvalue weighted by atomic mass is 10.2. The Bertz CT molecular complexity index is 873. The SMILES string of the molecule is O=C(O)c1cccc2nc(-c3ccc(F)c(F)c3F)oc12. The van der Waals surface area contributed by atoms with Crippen LogP contribution in [0.1, 0.15) is 10.4 Å². The molecule has 7 heteroatoms. The van der Waals surface area contributed by atoms with E-state index < -0.39 is 23.4 Å². The summed E-state index contributed by atoms with van der Waals surface area (Å²) in [7, 11) is 0. The molecule has 0 radical (unpaired) electrons. The topological polar surface area (TPSA) is 63.3 Å². The molecule has 21 heavy (non-hydrogen) atoms. The first-order chi connectivity index (χ1) is 9.99. The average molecular weight is 293 g/mol. The van der Waals surface area contributed by atoms with Crippen molar-refractivity contribution in [1.82, 2.24) is 4.98 Å². The molecule has 0 amide bonds. The van der Waals surface area contributed by atoms with Crippen molar-refractivity contribution in [2.24, 2.45) is 0 Å². The van der Waals surface area contributed by atoms with Crippen molar-refractivity contribution in [3.63, 3.8) is 0 Å². The number of hydrogen-bond donors (Lipinski definition) is 1. The summed E-state index contributed by atoms with van der Waals surface area (Å²) in [5, 5.41) is 9.03. The number of halogens is 3. The third-order valence-electron chi connectivity index (χ3n) is 2.91. The van der Waals surface area contributed by atoms with Crippen LogP contribution in [-0.4, -0.2) is 16.1 Å². The number of benzene rings is 2. The minimum atomic E-state index is -1.65. The van der Waals surface area contributed by atoms with E-state index in [9.17, 15) is 18.0 Å². The van der Waals surface area contributed by atoms with Gasteiger partial charge in [0.05, 0.1) is 5.56 Å². The highest BCUT2D eigenvalue weighted by molar-refractivity contribution is 6.00. The van der Waals surface area contributed by atoms with Crippen LogP contribution in [0.2, 0.25) is 0 Å². The molecular weight excluding hydrogens is 287 g/mol. The van der Waals surface area contributed by atoms with E-state index in [2.05, 4.69) is 4.98 Å². The predicted molar refractivity (Wildman–Crippen MR) is 66.3 cm³/mol. The summed E-state index contributed by atoms with van der Waals surface area (Å²) in [6, 6.07) is 5.91. The van der Waals surface area contributed by atoms with Crippen LogP contribution in [0.15, 0.2) is 34.7 Å². The number of carboxylic acids is 1. The first-order valence-electron chi connectivity index (χ1n) is 5.75. The van der Waals surface area contributed by atoms with Crippen molar-refractivity contribution in [2.45, 2.75) is 0 Å². The summed E-state index contributed by atoms with van der Waals surface area (Å²) >= 11 is 0.